The van der Waals surface area contributed by atoms with Crippen molar-refractivity contribution in [3.8, 4) is 0 Å². The summed E-state index contributed by atoms with van der Waals surface area (Å²) in [6.07, 6.45) is 7.72. The van der Waals surface area contributed by atoms with Gasteiger partial charge in [0.05, 0.1) is 5.52 Å². The Hall–Kier alpha value is -1.69. The van der Waals surface area contributed by atoms with Gasteiger partial charge < -0.3 is 4.98 Å². The predicted molar refractivity (Wildman–Crippen MR) is 96.7 cm³/mol. The van der Waals surface area contributed by atoms with E-state index < -0.39 is 0 Å². The highest BCUT2D eigenvalue weighted by Crippen LogP contribution is 2.20. The van der Waals surface area contributed by atoms with Gasteiger partial charge in [0.15, 0.2) is 5.43 Å². The zero-order chi connectivity index (χ0) is 15.0. The summed E-state index contributed by atoms with van der Waals surface area (Å²) in [5.74, 6) is 0.259. The van der Waals surface area contributed by atoms with Crippen molar-refractivity contribution in [3.63, 3.8) is 0 Å². The minimum Gasteiger partial charge on any atom is -0.360 e. The number of aromatic nitrogens is 1. The number of benzene rings is 1. The molecule has 0 saturated heterocycles. The Kier molecular flexibility index (Phi) is 3.80. The Morgan fingerprint density at radius 3 is 2.90 bits per heavy atom. The second-order valence-electron chi connectivity index (χ2n) is 5.27. The average molecular weight is 390 g/mol. The van der Waals surface area contributed by atoms with E-state index in [4.69, 9.17) is 0 Å². The van der Waals surface area contributed by atoms with Crippen LogP contribution >= 0.6 is 22.6 Å². The summed E-state index contributed by atoms with van der Waals surface area (Å²) in [4.78, 5) is 20.3. The van der Waals surface area contributed by atoms with E-state index >= 15 is 0 Å². The molecule has 3 rings (SSSR count). The number of hydrogen-bond acceptors (Lipinski definition) is 2. The van der Waals surface area contributed by atoms with Crippen LogP contribution in [0.15, 0.2) is 52.0 Å². The van der Waals surface area contributed by atoms with Gasteiger partial charge in [-0.15, -0.1) is 0 Å². The van der Waals surface area contributed by atoms with Gasteiger partial charge in [-0.25, -0.2) is 0 Å². The van der Waals surface area contributed by atoms with E-state index in [0.717, 1.165) is 20.4 Å². The van der Waals surface area contributed by atoms with Gasteiger partial charge in [0, 0.05) is 38.2 Å². The summed E-state index contributed by atoms with van der Waals surface area (Å²) in [6.45, 7) is 4.06. The largest absolute Gasteiger partial charge is 0.360 e. The van der Waals surface area contributed by atoms with Gasteiger partial charge in [-0.05, 0) is 53.6 Å². The lowest BCUT2D eigenvalue weighted by Gasteiger charge is -2.05. The average Bonchev–Trinajstić information content (AvgIpc) is 2.60. The van der Waals surface area contributed by atoms with Crippen molar-refractivity contribution in [1.82, 2.24) is 4.98 Å². The van der Waals surface area contributed by atoms with Crippen molar-refractivity contribution in [3.05, 3.63) is 61.6 Å². The molecule has 1 aromatic carbocycles. The molecule has 0 aliphatic carbocycles. The van der Waals surface area contributed by atoms with Gasteiger partial charge >= 0.3 is 0 Å². The highest BCUT2D eigenvalue weighted by Gasteiger charge is 2.11. The number of pyridine rings is 1. The van der Waals surface area contributed by atoms with Crippen LogP contribution in [-0.4, -0.2) is 11.2 Å². The molecule has 2 aromatic rings. The maximum absolute atomic E-state index is 12.7. The van der Waals surface area contributed by atoms with Gasteiger partial charge in [0.2, 0.25) is 0 Å². The van der Waals surface area contributed by atoms with Crippen LogP contribution in [0.5, 0.6) is 0 Å². The third kappa shape index (κ3) is 2.85. The zero-order valence-electron chi connectivity index (χ0n) is 11.9. The van der Waals surface area contributed by atoms with Crippen LogP contribution < -0.4 is 5.43 Å². The van der Waals surface area contributed by atoms with Gasteiger partial charge in [0.25, 0.3) is 0 Å². The Labute approximate surface area is 136 Å². The number of nitrogens with one attached hydrogen (secondary N) is 1. The molecule has 2 heterocycles. The summed E-state index contributed by atoms with van der Waals surface area (Å²) >= 11 is 2.24. The molecular weight excluding hydrogens is 375 g/mol. The number of halogens is 1. The molecular formula is C17H15IN2O. The first-order valence-corrected chi connectivity index (χ1v) is 7.88. The van der Waals surface area contributed by atoms with Crippen LogP contribution in [-0.2, 0) is 0 Å². The lowest BCUT2D eigenvalue weighted by atomic mass is 10.0. The van der Waals surface area contributed by atoms with E-state index in [1.165, 1.54) is 0 Å². The van der Waals surface area contributed by atoms with Gasteiger partial charge in [-0.2, -0.15) is 0 Å². The van der Waals surface area contributed by atoms with Crippen molar-refractivity contribution in [2.75, 3.05) is 0 Å². The fourth-order valence-corrected chi connectivity index (χ4v) is 3.03. The molecule has 1 aromatic heterocycles. The highest BCUT2D eigenvalue weighted by molar-refractivity contribution is 14.1. The molecule has 4 heteroatoms. The van der Waals surface area contributed by atoms with Crippen molar-refractivity contribution < 1.29 is 0 Å². The number of hydrogen-bond donors (Lipinski definition) is 1. The smallest absolute Gasteiger partial charge is 0.197 e. The predicted octanol–water partition coefficient (Wildman–Crippen LogP) is 4.14. The first-order chi connectivity index (χ1) is 10.0. The standard InChI is InChI=1S/C17H15IN2O/c1-10-5-11(2)19-8-12(6-10)15-9-20-16-7-13(18)3-4-14(16)17(15)21/h3-10H,1-2H3,(H,20,21). The maximum atomic E-state index is 12.7. The number of nitrogens with zero attached hydrogens (tertiary/aromatic N) is 1. The van der Waals surface area contributed by atoms with Gasteiger partial charge in [-0.1, -0.05) is 19.1 Å². The molecule has 1 aliphatic heterocycles. The number of aromatic amines is 1. The fourth-order valence-electron chi connectivity index (χ4n) is 2.54. The van der Waals surface area contributed by atoms with Crippen molar-refractivity contribution in [1.29, 1.82) is 0 Å². The van der Waals surface area contributed by atoms with Crippen molar-refractivity contribution in [2.24, 2.45) is 10.9 Å². The Balaban J connectivity index is 2.18. The van der Waals surface area contributed by atoms with E-state index in [-0.39, 0.29) is 11.3 Å². The van der Waals surface area contributed by atoms with E-state index in [2.05, 4.69) is 51.6 Å². The Morgan fingerprint density at radius 2 is 2.10 bits per heavy atom. The summed E-state index contributed by atoms with van der Waals surface area (Å²) in [7, 11) is 0. The molecule has 0 amide bonds. The molecule has 0 saturated carbocycles. The number of rotatable bonds is 1. The highest BCUT2D eigenvalue weighted by atomic mass is 127. The van der Waals surface area contributed by atoms with Crippen LogP contribution in [0.2, 0.25) is 0 Å². The second-order valence-corrected chi connectivity index (χ2v) is 6.51. The number of H-pyrrole nitrogens is 1. The fraction of sp³-hybridized carbons (Fsp3) is 0.176. The summed E-state index contributed by atoms with van der Waals surface area (Å²) < 4.78 is 1.10. The SMILES string of the molecule is CC1=CC(C)C=C(c2c[nH]c3cc(I)ccc3c2=O)C=N1. The lowest BCUT2D eigenvalue weighted by Crippen LogP contribution is -2.10. The van der Waals surface area contributed by atoms with Crippen LogP contribution in [0, 0.1) is 9.49 Å². The molecule has 21 heavy (non-hydrogen) atoms. The number of allylic oxidation sites excluding steroid dienone is 4. The third-order valence-electron chi connectivity index (χ3n) is 3.51. The van der Waals surface area contributed by atoms with E-state index in [1.54, 1.807) is 12.4 Å². The maximum Gasteiger partial charge on any atom is 0.197 e. The van der Waals surface area contributed by atoms with E-state index in [0.29, 0.717) is 10.9 Å². The molecule has 3 nitrogen and oxygen atoms in total. The second kappa shape index (κ2) is 5.60. The first-order valence-electron chi connectivity index (χ1n) is 6.80. The van der Waals surface area contributed by atoms with Crippen LogP contribution in [0.25, 0.3) is 16.5 Å². The van der Waals surface area contributed by atoms with E-state index in [1.807, 2.05) is 25.1 Å². The number of aliphatic imine (C=N–C) groups is 1. The molecule has 1 N–H and O–H groups in total. The van der Waals surface area contributed by atoms with Gasteiger partial charge in [-0.3, -0.25) is 9.79 Å². The lowest BCUT2D eigenvalue weighted by molar-refractivity contribution is 0.929. The molecule has 106 valence electrons. The summed E-state index contributed by atoms with van der Waals surface area (Å²) in [5.41, 5.74) is 3.42. The molecule has 0 fully saturated rings. The zero-order valence-corrected chi connectivity index (χ0v) is 14.0. The molecule has 0 radical (unpaired) electrons. The van der Waals surface area contributed by atoms with Crippen molar-refractivity contribution >= 4 is 45.3 Å². The van der Waals surface area contributed by atoms with Crippen LogP contribution in [0.3, 0.4) is 0 Å². The molecule has 0 spiro atoms. The molecule has 1 aliphatic rings. The Morgan fingerprint density at radius 1 is 1.29 bits per heavy atom. The third-order valence-corrected chi connectivity index (χ3v) is 4.18. The Bertz CT molecular complexity index is 859. The topological polar surface area (TPSA) is 45.2 Å². The summed E-state index contributed by atoms with van der Waals surface area (Å²) in [5, 5.41) is 0.712. The van der Waals surface area contributed by atoms with Crippen LogP contribution in [0.1, 0.15) is 19.4 Å². The normalized spacial score (nSPS) is 18.3. The minimum atomic E-state index is 0.0459. The van der Waals surface area contributed by atoms with Crippen molar-refractivity contribution in [2.45, 2.75) is 13.8 Å². The minimum absolute atomic E-state index is 0.0459. The quantitative estimate of drug-likeness (QED) is 0.731. The van der Waals surface area contributed by atoms with E-state index in [9.17, 15) is 4.79 Å². The monoisotopic (exact) mass is 390 g/mol. The number of fused-ring (bicyclic) bond motifs is 1. The molecule has 1 unspecified atom stereocenters. The first kappa shape index (κ1) is 14.3. The summed E-state index contributed by atoms with van der Waals surface area (Å²) in [6, 6.07) is 5.80. The van der Waals surface area contributed by atoms with Gasteiger partial charge in [0.1, 0.15) is 0 Å². The molecule has 1 atom stereocenters. The van der Waals surface area contributed by atoms with Crippen LogP contribution in [0.4, 0.5) is 0 Å². The molecule has 0 bridgehead atoms.